The van der Waals surface area contributed by atoms with Crippen molar-refractivity contribution in [2.24, 2.45) is 0 Å². The van der Waals surface area contributed by atoms with Crippen molar-refractivity contribution in [1.29, 1.82) is 0 Å². The molecule has 3 aromatic rings. The molecule has 0 spiro atoms. The Hall–Kier alpha value is -2.63. The third-order valence-electron chi connectivity index (χ3n) is 3.92. The number of aryl methyl sites for hydroxylation is 3. The lowest BCUT2D eigenvalue weighted by Crippen LogP contribution is -2.11. The van der Waals surface area contributed by atoms with Gasteiger partial charge in [-0.1, -0.05) is 0 Å². The zero-order valence-corrected chi connectivity index (χ0v) is 12.3. The van der Waals surface area contributed by atoms with E-state index in [9.17, 15) is 4.79 Å². The molecule has 6 nitrogen and oxygen atoms in total. The average Bonchev–Trinajstić information content (AvgIpc) is 3.08. The largest absolute Gasteiger partial charge is 0.456 e. The van der Waals surface area contributed by atoms with E-state index in [4.69, 9.17) is 4.42 Å². The van der Waals surface area contributed by atoms with Crippen LogP contribution in [0.5, 0.6) is 0 Å². The van der Waals surface area contributed by atoms with Crippen LogP contribution in [-0.2, 0) is 12.8 Å². The number of anilines is 1. The first-order valence-electron chi connectivity index (χ1n) is 7.45. The molecule has 6 heteroatoms. The lowest BCUT2D eigenvalue weighted by atomic mass is 9.99. The lowest BCUT2D eigenvalue weighted by Gasteiger charge is -2.07. The van der Waals surface area contributed by atoms with Crippen LogP contribution in [0.15, 0.2) is 28.8 Å². The zero-order valence-electron chi connectivity index (χ0n) is 12.3. The summed E-state index contributed by atoms with van der Waals surface area (Å²) >= 11 is 0. The maximum atomic E-state index is 12.3. The third-order valence-corrected chi connectivity index (χ3v) is 3.92. The van der Waals surface area contributed by atoms with Crippen molar-refractivity contribution in [3.8, 4) is 0 Å². The van der Waals surface area contributed by atoms with E-state index in [1.807, 2.05) is 25.1 Å². The molecule has 0 saturated heterocycles. The topological polar surface area (TPSA) is 72.4 Å². The number of nitrogens with zero attached hydrogens (tertiary/aromatic N) is 3. The maximum absolute atomic E-state index is 12.3. The van der Waals surface area contributed by atoms with Gasteiger partial charge in [-0.15, -0.1) is 0 Å². The van der Waals surface area contributed by atoms with E-state index in [1.165, 1.54) is 5.56 Å². The number of rotatable bonds is 2. The molecule has 1 aliphatic carbocycles. The van der Waals surface area contributed by atoms with Gasteiger partial charge in [0, 0.05) is 6.42 Å². The van der Waals surface area contributed by atoms with Gasteiger partial charge in [0.25, 0.3) is 5.91 Å². The molecule has 0 aromatic carbocycles. The number of pyridine rings is 1. The molecule has 22 heavy (non-hydrogen) atoms. The fourth-order valence-corrected chi connectivity index (χ4v) is 2.86. The first kappa shape index (κ1) is 13.1. The summed E-state index contributed by atoms with van der Waals surface area (Å²) in [6.07, 6.45) is 5.96. The van der Waals surface area contributed by atoms with Crippen LogP contribution in [0, 0.1) is 6.92 Å². The average molecular weight is 296 g/mol. The highest BCUT2D eigenvalue weighted by atomic mass is 16.4. The molecule has 1 aliphatic rings. The summed E-state index contributed by atoms with van der Waals surface area (Å²) < 4.78 is 7.34. The summed E-state index contributed by atoms with van der Waals surface area (Å²) in [6, 6.07) is 5.49. The van der Waals surface area contributed by atoms with Crippen molar-refractivity contribution < 1.29 is 9.21 Å². The van der Waals surface area contributed by atoms with Crippen molar-refractivity contribution in [3.05, 3.63) is 47.3 Å². The number of hydrogen-bond acceptors (Lipinski definition) is 4. The van der Waals surface area contributed by atoms with Crippen LogP contribution >= 0.6 is 0 Å². The van der Waals surface area contributed by atoms with E-state index in [-0.39, 0.29) is 5.91 Å². The standard InChI is InChI=1S/C16H16N4O2/c1-10-17-15-7-6-12(9-20(15)19-10)18-16(21)14-8-11-4-2-3-5-13(11)22-14/h6-9H,2-5H2,1H3,(H,18,21). The first-order chi connectivity index (χ1) is 10.7. The molecule has 0 saturated carbocycles. The van der Waals surface area contributed by atoms with Crippen molar-refractivity contribution in [1.82, 2.24) is 14.6 Å². The second-order valence-corrected chi connectivity index (χ2v) is 5.60. The van der Waals surface area contributed by atoms with Gasteiger partial charge in [-0.2, -0.15) is 5.10 Å². The SMILES string of the molecule is Cc1nc2ccc(NC(=O)c3cc4c(o3)CCCC4)cn2n1. The summed E-state index contributed by atoms with van der Waals surface area (Å²) in [5.74, 6) is 1.80. The minimum Gasteiger partial charge on any atom is -0.456 e. The van der Waals surface area contributed by atoms with Crippen molar-refractivity contribution in [3.63, 3.8) is 0 Å². The van der Waals surface area contributed by atoms with Crippen molar-refractivity contribution in [2.45, 2.75) is 32.6 Å². The van der Waals surface area contributed by atoms with E-state index in [2.05, 4.69) is 15.4 Å². The number of fused-ring (bicyclic) bond motifs is 2. The minimum absolute atomic E-state index is 0.231. The first-order valence-corrected chi connectivity index (χ1v) is 7.45. The predicted molar refractivity (Wildman–Crippen MR) is 81.0 cm³/mol. The summed E-state index contributed by atoms with van der Waals surface area (Å²) in [6.45, 7) is 1.83. The summed E-state index contributed by atoms with van der Waals surface area (Å²) in [4.78, 5) is 16.6. The molecule has 0 aliphatic heterocycles. The number of amides is 1. The molecular formula is C16H16N4O2. The summed E-state index contributed by atoms with van der Waals surface area (Å²) in [5, 5.41) is 7.09. The molecule has 0 atom stereocenters. The van der Waals surface area contributed by atoms with Crippen molar-refractivity contribution in [2.75, 3.05) is 5.32 Å². The molecule has 3 heterocycles. The molecule has 0 radical (unpaired) electrons. The fraction of sp³-hybridized carbons (Fsp3) is 0.312. The van der Waals surface area contributed by atoms with E-state index in [1.54, 1.807) is 10.7 Å². The second kappa shape index (κ2) is 4.98. The van der Waals surface area contributed by atoms with Crippen LogP contribution < -0.4 is 5.32 Å². The Kier molecular flexibility index (Phi) is 2.96. The Morgan fingerprint density at radius 2 is 2.18 bits per heavy atom. The zero-order chi connectivity index (χ0) is 15.1. The molecule has 3 aromatic heterocycles. The van der Waals surface area contributed by atoms with Gasteiger partial charge in [0.15, 0.2) is 11.4 Å². The van der Waals surface area contributed by atoms with Crippen LogP contribution in [-0.4, -0.2) is 20.5 Å². The molecule has 1 amide bonds. The molecule has 0 fully saturated rings. The lowest BCUT2D eigenvalue weighted by molar-refractivity contribution is 0.0995. The highest BCUT2D eigenvalue weighted by molar-refractivity contribution is 6.02. The molecule has 0 bridgehead atoms. The van der Waals surface area contributed by atoms with Crippen LogP contribution in [0.3, 0.4) is 0 Å². The Labute approximate surface area is 127 Å². The van der Waals surface area contributed by atoms with Gasteiger partial charge >= 0.3 is 0 Å². The summed E-state index contributed by atoms with van der Waals surface area (Å²) in [7, 11) is 0. The molecular weight excluding hydrogens is 280 g/mol. The molecule has 4 rings (SSSR count). The van der Waals surface area contributed by atoms with Gasteiger partial charge in [0.2, 0.25) is 0 Å². The Morgan fingerprint density at radius 3 is 3.05 bits per heavy atom. The normalized spacial score (nSPS) is 14.0. The quantitative estimate of drug-likeness (QED) is 0.789. The van der Waals surface area contributed by atoms with Gasteiger partial charge in [-0.3, -0.25) is 4.79 Å². The van der Waals surface area contributed by atoms with E-state index in [0.29, 0.717) is 17.3 Å². The van der Waals surface area contributed by atoms with Crippen LogP contribution in [0.25, 0.3) is 5.65 Å². The number of hydrogen-bond donors (Lipinski definition) is 1. The number of furan rings is 1. The summed E-state index contributed by atoms with van der Waals surface area (Å²) in [5.41, 5.74) is 2.58. The number of carbonyl (C=O) groups is 1. The highest BCUT2D eigenvalue weighted by Gasteiger charge is 2.19. The van der Waals surface area contributed by atoms with Gasteiger partial charge < -0.3 is 9.73 Å². The molecule has 112 valence electrons. The molecule has 1 N–H and O–H groups in total. The van der Waals surface area contributed by atoms with Crippen LogP contribution in [0.4, 0.5) is 5.69 Å². The second-order valence-electron chi connectivity index (χ2n) is 5.60. The number of nitrogens with one attached hydrogen (secondary N) is 1. The Bertz CT molecular complexity index is 839. The van der Waals surface area contributed by atoms with E-state index in [0.717, 1.165) is 37.1 Å². The van der Waals surface area contributed by atoms with Gasteiger partial charge in [0.1, 0.15) is 11.6 Å². The Morgan fingerprint density at radius 1 is 1.32 bits per heavy atom. The fourth-order valence-electron chi connectivity index (χ4n) is 2.86. The van der Waals surface area contributed by atoms with Gasteiger partial charge in [-0.05, 0) is 49.9 Å². The maximum Gasteiger partial charge on any atom is 0.291 e. The van der Waals surface area contributed by atoms with E-state index < -0.39 is 0 Å². The van der Waals surface area contributed by atoms with Crippen LogP contribution in [0.2, 0.25) is 0 Å². The van der Waals surface area contributed by atoms with E-state index >= 15 is 0 Å². The molecule has 0 unspecified atom stereocenters. The highest BCUT2D eigenvalue weighted by Crippen LogP contribution is 2.25. The number of carbonyl (C=O) groups excluding carboxylic acids is 1. The Balaban J connectivity index is 1.58. The third kappa shape index (κ3) is 2.26. The predicted octanol–water partition coefficient (Wildman–Crippen LogP) is 2.76. The van der Waals surface area contributed by atoms with Gasteiger partial charge in [-0.25, -0.2) is 9.50 Å². The smallest absolute Gasteiger partial charge is 0.291 e. The van der Waals surface area contributed by atoms with Gasteiger partial charge in [0.05, 0.1) is 11.9 Å². The monoisotopic (exact) mass is 296 g/mol. The van der Waals surface area contributed by atoms with Crippen molar-refractivity contribution >= 4 is 17.2 Å². The van der Waals surface area contributed by atoms with Crippen LogP contribution in [0.1, 0.15) is 40.5 Å². The minimum atomic E-state index is -0.231. The number of aromatic nitrogens is 3.